The van der Waals surface area contributed by atoms with Gasteiger partial charge in [0.05, 0.1) is 37.4 Å². The molecular weight excluding hydrogens is 682 g/mol. The fraction of sp³-hybridized carbons (Fsp3) is 0.325. The molecule has 51 heavy (non-hydrogen) atoms. The van der Waals surface area contributed by atoms with Crippen LogP contribution in [0, 0.1) is 5.92 Å². The minimum absolute atomic E-state index is 0.0429. The van der Waals surface area contributed by atoms with E-state index in [4.69, 9.17) is 16.3 Å². The van der Waals surface area contributed by atoms with Crippen molar-refractivity contribution in [1.29, 1.82) is 0 Å². The van der Waals surface area contributed by atoms with E-state index in [1.807, 2.05) is 74.6 Å². The topological polar surface area (TPSA) is 119 Å². The first-order valence-corrected chi connectivity index (χ1v) is 20.8. The predicted octanol–water partition coefficient (Wildman–Crippen LogP) is 6.27. The number of carbonyl (C=O) groups is 3. The Morgan fingerprint density at radius 3 is 2.43 bits per heavy atom. The average molecular weight is 724 g/mol. The van der Waals surface area contributed by atoms with E-state index in [1.54, 1.807) is 52.3 Å². The molecule has 3 aliphatic rings. The van der Waals surface area contributed by atoms with Crippen LogP contribution in [0.15, 0.2) is 97.1 Å². The number of halogens is 1. The molecular formula is C40H42ClN3O6Si. The van der Waals surface area contributed by atoms with Crippen molar-refractivity contribution in [3.8, 4) is 0 Å². The first-order chi connectivity index (χ1) is 24.4. The van der Waals surface area contributed by atoms with Gasteiger partial charge in [-0.15, -0.1) is 0 Å². The highest BCUT2D eigenvalue weighted by molar-refractivity contribution is 6.71. The third-order valence-electron chi connectivity index (χ3n) is 10.8. The number of nitrogens with zero attached hydrogens (tertiary/aromatic N) is 2. The van der Waals surface area contributed by atoms with Gasteiger partial charge in [-0.1, -0.05) is 73.1 Å². The normalized spacial score (nSPS) is 24.1. The lowest BCUT2D eigenvalue weighted by atomic mass is 9.82. The highest BCUT2D eigenvalue weighted by Crippen LogP contribution is 2.60. The molecule has 3 heterocycles. The number of hydrogen-bond donors (Lipinski definition) is 3. The largest absolute Gasteiger partial charge is 0.432 e. The van der Waals surface area contributed by atoms with Gasteiger partial charge in [0, 0.05) is 39.8 Å². The van der Waals surface area contributed by atoms with E-state index in [1.165, 1.54) is 0 Å². The van der Waals surface area contributed by atoms with Crippen molar-refractivity contribution in [2.24, 2.45) is 5.92 Å². The summed E-state index contributed by atoms with van der Waals surface area (Å²) in [5.74, 6) is -1.20. The maximum atomic E-state index is 14.9. The Bertz CT molecular complexity index is 1990. The van der Waals surface area contributed by atoms with Crippen molar-refractivity contribution in [3.63, 3.8) is 0 Å². The van der Waals surface area contributed by atoms with Crippen molar-refractivity contribution in [3.05, 3.63) is 130 Å². The van der Waals surface area contributed by atoms with Gasteiger partial charge in [-0.2, -0.15) is 0 Å². The van der Waals surface area contributed by atoms with E-state index in [0.29, 0.717) is 40.5 Å². The van der Waals surface area contributed by atoms with Gasteiger partial charge >= 0.3 is 0 Å². The van der Waals surface area contributed by atoms with Gasteiger partial charge in [0.15, 0.2) is 13.9 Å². The Balaban J connectivity index is 1.19. The molecule has 3 N–H and O–H groups in total. The van der Waals surface area contributed by atoms with Crippen LogP contribution in [0.1, 0.15) is 46.0 Å². The highest BCUT2D eigenvalue weighted by Gasteiger charge is 2.66. The molecule has 264 valence electrons. The number of rotatable bonds is 8. The first kappa shape index (κ1) is 35.1. The Labute approximate surface area is 303 Å². The predicted molar refractivity (Wildman–Crippen MR) is 199 cm³/mol. The Morgan fingerprint density at radius 1 is 0.980 bits per heavy atom. The maximum Gasteiger partial charge on any atom is 0.264 e. The number of benzene rings is 4. The summed E-state index contributed by atoms with van der Waals surface area (Å²) < 4.78 is 6.91. The summed E-state index contributed by atoms with van der Waals surface area (Å²) >= 11 is 6.58. The smallest absolute Gasteiger partial charge is 0.264 e. The molecule has 0 saturated carbocycles. The molecule has 4 aromatic carbocycles. The number of anilines is 2. The van der Waals surface area contributed by atoms with Crippen LogP contribution in [-0.2, 0) is 39.4 Å². The Kier molecular flexibility index (Phi) is 9.40. The van der Waals surface area contributed by atoms with E-state index >= 15 is 0 Å². The van der Waals surface area contributed by atoms with Crippen LogP contribution in [0.2, 0.25) is 23.7 Å². The molecule has 3 amide bonds. The molecule has 1 saturated heterocycles. The van der Waals surface area contributed by atoms with Crippen LogP contribution in [0.3, 0.4) is 0 Å². The van der Waals surface area contributed by atoms with Crippen molar-refractivity contribution in [1.82, 2.24) is 4.90 Å². The third-order valence-corrected chi connectivity index (χ3v) is 13.5. The number of aliphatic hydroxyl groups excluding tert-OH is 1. The first-order valence-electron chi connectivity index (χ1n) is 17.4. The van der Waals surface area contributed by atoms with E-state index < -0.39 is 31.5 Å². The molecule has 4 aromatic rings. The molecule has 7 rings (SSSR count). The molecule has 0 aliphatic carbocycles. The average Bonchev–Trinajstić information content (AvgIpc) is 3.53. The second kappa shape index (κ2) is 13.7. The summed E-state index contributed by atoms with van der Waals surface area (Å²) in [6.45, 7) is 5.97. The van der Waals surface area contributed by atoms with Crippen LogP contribution >= 0.6 is 11.6 Å². The summed E-state index contributed by atoms with van der Waals surface area (Å²) in [7, 11) is -3.04. The van der Waals surface area contributed by atoms with Gasteiger partial charge in [-0.3, -0.25) is 14.4 Å². The molecule has 3 aliphatic heterocycles. The van der Waals surface area contributed by atoms with Crippen molar-refractivity contribution in [2.75, 3.05) is 16.8 Å². The molecule has 0 radical (unpaired) electrons. The molecule has 0 aromatic heterocycles. The lowest BCUT2D eigenvalue weighted by molar-refractivity contribution is -0.151. The van der Waals surface area contributed by atoms with E-state index in [9.17, 15) is 24.3 Å². The fourth-order valence-corrected chi connectivity index (χ4v) is 11.2. The van der Waals surface area contributed by atoms with E-state index in [2.05, 4.69) is 5.32 Å². The monoisotopic (exact) mass is 723 g/mol. The lowest BCUT2D eigenvalue weighted by Crippen LogP contribution is -2.48. The van der Waals surface area contributed by atoms with Gasteiger partial charge in [0.2, 0.25) is 5.91 Å². The number of amides is 3. The number of carbonyl (C=O) groups excluding carboxylic acids is 3. The maximum absolute atomic E-state index is 14.9. The standard InChI is InChI=1S/C40H42ClN3O6Si/c1-25-37(51(2,3)49)35(21-36(46)43-23-29-14-8-7-13-28(29)19-32(43)24-45)50-40(25)33-20-30(41)16-17-34(33)44(39(40)48)22-26-10-9-15-31(18-26)42-38(47)27-11-5-4-6-12-27/h4-18,20,25,32,35,37,45,49H,19,21-24H2,1-3H3,(H,42,47)/t25-,32-,35+,37-,40+/m0/s1. The van der Waals surface area contributed by atoms with Crippen molar-refractivity contribution < 1.29 is 29.0 Å². The number of nitrogens with one attached hydrogen (secondary N) is 1. The number of hydrogen-bond acceptors (Lipinski definition) is 6. The molecule has 1 spiro atoms. The van der Waals surface area contributed by atoms with Crippen LogP contribution in [0.4, 0.5) is 11.4 Å². The van der Waals surface area contributed by atoms with Gasteiger partial charge in [-0.25, -0.2) is 0 Å². The minimum Gasteiger partial charge on any atom is -0.432 e. The molecule has 0 unspecified atom stereocenters. The van der Waals surface area contributed by atoms with Crippen molar-refractivity contribution >= 4 is 49.0 Å². The SMILES string of the molecule is C[C@H]1[C@H]([Si](C)(C)O)[C@@H](CC(=O)N2Cc3ccccc3C[C@H]2CO)O[C@]12C(=O)N(Cc1cccc(NC(=O)c3ccccc3)c1)c1ccc(Cl)cc12. The molecule has 1 fully saturated rings. The quantitative estimate of drug-likeness (QED) is 0.185. The summed E-state index contributed by atoms with van der Waals surface area (Å²) in [5, 5.41) is 13.7. The third kappa shape index (κ3) is 6.40. The van der Waals surface area contributed by atoms with Gasteiger partial charge in [0.25, 0.3) is 11.8 Å². The second-order valence-corrected chi connectivity index (χ2v) is 18.9. The van der Waals surface area contributed by atoms with Crippen LogP contribution in [0.25, 0.3) is 0 Å². The Morgan fingerprint density at radius 2 is 1.71 bits per heavy atom. The molecule has 0 bridgehead atoms. The minimum atomic E-state index is -3.04. The zero-order chi connectivity index (χ0) is 36.1. The molecule has 9 nitrogen and oxygen atoms in total. The molecule has 11 heteroatoms. The molecule has 5 atom stereocenters. The lowest BCUT2D eigenvalue weighted by Gasteiger charge is -2.37. The van der Waals surface area contributed by atoms with Crippen LogP contribution in [-0.4, -0.2) is 59.6 Å². The van der Waals surface area contributed by atoms with Crippen LogP contribution in [0.5, 0.6) is 0 Å². The summed E-state index contributed by atoms with van der Waals surface area (Å²) in [5.41, 5.74) is 3.39. The zero-order valence-electron chi connectivity index (χ0n) is 28.9. The number of fused-ring (bicyclic) bond motifs is 3. The zero-order valence-corrected chi connectivity index (χ0v) is 30.6. The summed E-state index contributed by atoms with van der Waals surface area (Å²) in [4.78, 5) is 57.0. The van der Waals surface area contributed by atoms with Gasteiger partial charge in [0.1, 0.15) is 0 Å². The highest BCUT2D eigenvalue weighted by atomic mass is 35.5. The fourth-order valence-electron chi connectivity index (χ4n) is 8.46. The summed E-state index contributed by atoms with van der Waals surface area (Å²) in [6.07, 6.45) is -0.244. The van der Waals surface area contributed by atoms with Crippen LogP contribution < -0.4 is 10.2 Å². The van der Waals surface area contributed by atoms with E-state index in [-0.39, 0.29) is 43.3 Å². The summed E-state index contributed by atoms with van der Waals surface area (Å²) in [6, 6.07) is 29.2. The Hall–Kier alpha value is -4.32. The second-order valence-electron chi connectivity index (χ2n) is 14.5. The number of aliphatic hydroxyl groups is 1. The van der Waals surface area contributed by atoms with E-state index in [0.717, 1.165) is 16.7 Å². The number of ether oxygens (including phenoxy) is 1. The van der Waals surface area contributed by atoms with Gasteiger partial charge in [-0.05, 0) is 78.7 Å². The van der Waals surface area contributed by atoms with Crippen molar-refractivity contribution in [2.45, 2.75) is 69.2 Å². The van der Waals surface area contributed by atoms with Gasteiger partial charge < -0.3 is 29.8 Å².